The van der Waals surface area contributed by atoms with E-state index in [1.807, 2.05) is 11.8 Å². The normalized spacial score (nSPS) is 23.3. The van der Waals surface area contributed by atoms with Crippen LogP contribution in [-0.2, 0) is 4.79 Å². The zero-order valence-electron chi connectivity index (χ0n) is 12.8. The van der Waals surface area contributed by atoms with Crippen LogP contribution in [0.4, 0.5) is 0 Å². The third kappa shape index (κ3) is 5.35. The Hall–Kier alpha value is -0.220. The molecule has 112 valence electrons. The lowest BCUT2D eigenvalue weighted by molar-refractivity contribution is -0.130. The molecule has 1 rings (SSSR count). The monoisotopic (exact) mass is 286 g/mol. The first kappa shape index (κ1) is 16.8. The van der Waals surface area contributed by atoms with Gasteiger partial charge < -0.3 is 4.90 Å². The molecule has 0 bridgehead atoms. The first-order valence-corrected chi connectivity index (χ1v) is 9.19. The molecule has 19 heavy (non-hydrogen) atoms. The molecule has 1 fully saturated rings. The highest BCUT2D eigenvalue weighted by molar-refractivity contribution is 7.98. The fraction of sp³-hybridized carbons (Fsp3) is 0.933. The maximum atomic E-state index is 12.4. The van der Waals surface area contributed by atoms with Gasteiger partial charge in [0.05, 0.1) is 12.2 Å². The zero-order valence-corrected chi connectivity index (χ0v) is 13.6. The van der Waals surface area contributed by atoms with E-state index in [4.69, 9.17) is 0 Å². The second-order valence-electron chi connectivity index (χ2n) is 5.40. The Morgan fingerprint density at radius 2 is 1.95 bits per heavy atom. The van der Waals surface area contributed by atoms with Crippen LogP contribution in [0.15, 0.2) is 0 Å². The lowest BCUT2D eigenvalue weighted by atomic mass is 10.1. The van der Waals surface area contributed by atoms with Gasteiger partial charge in [-0.2, -0.15) is 11.8 Å². The summed E-state index contributed by atoms with van der Waals surface area (Å²) in [5.74, 6) is 1.55. The number of thioether (sulfide) groups is 1. The van der Waals surface area contributed by atoms with Gasteiger partial charge in [-0.1, -0.05) is 33.1 Å². The van der Waals surface area contributed by atoms with Gasteiger partial charge in [0.15, 0.2) is 0 Å². The standard InChI is InChI=1S/C15H30N2OS/c1-4-6-10-13-15(18)17(11-7-8-12-19-3)14(16-13)9-5-2/h13-14,16H,4-12H2,1-3H3. The van der Waals surface area contributed by atoms with Crippen LogP contribution in [0, 0.1) is 0 Å². The summed E-state index contributed by atoms with van der Waals surface area (Å²) in [5, 5.41) is 3.54. The van der Waals surface area contributed by atoms with Crippen LogP contribution in [0.5, 0.6) is 0 Å². The highest BCUT2D eigenvalue weighted by atomic mass is 32.2. The van der Waals surface area contributed by atoms with Gasteiger partial charge in [-0.25, -0.2) is 0 Å². The molecule has 0 radical (unpaired) electrons. The van der Waals surface area contributed by atoms with Gasteiger partial charge in [0.25, 0.3) is 0 Å². The Bertz CT molecular complexity index is 261. The molecular formula is C15H30N2OS. The van der Waals surface area contributed by atoms with Gasteiger partial charge in [0, 0.05) is 6.54 Å². The van der Waals surface area contributed by atoms with Crippen LogP contribution in [0.3, 0.4) is 0 Å². The Morgan fingerprint density at radius 3 is 2.58 bits per heavy atom. The van der Waals surface area contributed by atoms with Crippen LogP contribution in [0.1, 0.15) is 58.8 Å². The van der Waals surface area contributed by atoms with Gasteiger partial charge in [0.2, 0.25) is 5.91 Å². The predicted octanol–water partition coefficient (Wildman–Crippen LogP) is 3.25. The molecule has 0 aromatic rings. The molecule has 2 atom stereocenters. The molecule has 1 aliphatic rings. The van der Waals surface area contributed by atoms with Crippen molar-refractivity contribution in [2.24, 2.45) is 0 Å². The van der Waals surface area contributed by atoms with E-state index in [9.17, 15) is 4.79 Å². The van der Waals surface area contributed by atoms with Gasteiger partial charge in [-0.15, -0.1) is 0 Å². The number of hydrogen-bond acceptors (Lipinski definition) is 3. The molecule has 0 aliphatic carbocycles. The highest BCUT2D eigenvalue weighted by Crippen LogP contribution is 2.19. The quantitative estimate of drug-likeness (QED) is 0.626. The predicted molar refractivity (Wildman–Crippen MR) is 84.5 cm³/mol. The summed E-state index contributed by atoms with van der Waals surface area (Å²) in [6.07, 6.45) is 10.3. The number of rotatable bonds is 10. The lowest BCUT2D eigenvalue weighted by Crippen LogP contribution is -2.37. The van der Waals surface area contributed by atoms with Crippen LogP contribution in [0.2, 0.25) is 0 Å². The molecule has 2 unspecified atom stereocenters. The van der Waals surface area contributed by atoms with E-state index in [1.54, 1.807) is 0 Å². The van der Waals surface area contributed by atoms with Gasteiger partial charge in [0.1, 0.15) is 0 Å². The molecule has 0 saturated carbocycles. The van der Waals surface area contributed by atoms with Crippen molar-refractivity contribution in [1.29, 1.82) is 0 Å². The third-order valence-corrected chi connectivity index (χ3v) is 4.45. The second-order valence-corrected chi connectivity index (χ2v) is 6.38. The van der Waals surface area contributed by atoms with Crippen molar-refractivity contribution < 1.29 is 4.79 Å². The first-order valence-electron chi connectivity index (χ1n) is 7.80. The van der Waals surface area contributed by atoms with Crippen LogP contribution in [0.25, 0.3) is 0 Å². The van der Waals surface area contributed by atoms with Crippen molar-refractivity contribution >= 4 is 17.7 Å². The van der Waals surface area contributed by atoms with Crippen LogP contribution in [-0.4, -0.2) is 41.6 Å². The smallest absolute Gasteiger partial charge is 0.241 e. The molecule has 3 nitrogen and oxygen atoms in total. The Morgan fingerprint density at radius 1 is 1.16 bits per heavy atom. The van der Waals surface area contributed by atoms with Gasteiger partial charge in [-0.3, -0.25) is 10.1 Å². The molecule has 1 N–H and O–H groups in total. The van der Waals surface area contributed by atoms with Crippen molar-refractivity contribution in [3.63, 3.8) is 0 Å². The van der Waals surface area contributed by atoms with Crippen molar-refractivity contribution in [2.45, 2.75) is 71.0 Å². The molecule has 1 amide bonds. The molecular weight excluding hydrogens is 256 g/mol. The van der Waals surface area contributed by atoms with Crippen molar-refractivity contribution in [2.75, 3.05) is 18.6 Å². The summed E-state index contributed by atoms with van der Waals surface area (Å²) in [5.41, 5.74) is 0. The minimum Gasteiger partial charge on any atom is -0.326 e. The molecule has 1 saturated heterocycles. The number of carbonyl (C=O) groups excluding carboxylic acids is 1. The summed E-state index contributed by atoms with van der Waals surface area (Å²) in [7, 11) is 0. The van der Waals surface area contributed by atoms with Crippen LogP contribution >= 0.6 is 11.8 Å². The van der Waals surface area contributed by atoms with Crippen molar-refractivity contribution in [3.05, 3.63) is 0 Å². The topological polar surface area (TPSA) is 32.3 Å². The van der Waals surface area contributed by atoms with Crippen LogP contribution < -0.4 is 5.32 Å². The molecule has 4 heteroatoms. The minimum atomic E-state index is 0.0806. The average molecular weight is 286 g/mol. The third-order valence-electron chi connectivity index (χ3n) is 3.76. The Kier molecular flexibility index (Phi) is 8.55. The molecule has 1 heterocycles. The fourth-order valence-corrected chi connectivity index (χ4v) is 3.16. The largest absolute Gasteiger partial charge is 0.326 e. The second kappa shape index (κ2) is 9.65. The Balaban J connectivity index is 2.46. The fourth-order valence-electron chi connectivity index (χ4n) is 2.67. The first-order chi connectivity index (χ1) is 9.24. The zero-order chi connectivity index (χ0) is 14.1. The van der Waals surface area contributed by atoms with Crippen molar-refractivity contribution in [3.8, 4) is 0 Å². The highest BCUT2D eigenvalue weighted by Gasteiger charge is 2.36. The summed E-state index contributed by atoms with van der Waals surface area (Å²) in [6, 6.07) is 0.0806. The number of nitrogens with one attached hydrogen (secondary N) is 1. The number of hydrogen-bond donors (Lipinski definition) is 1. The van der Waals surface area contributed by atoms with E-state index in [-0.39, 0.29) is 12.2 Å². The number of nitrogens with zero attached hydrogens (tertiary/aromatic N) is 1. The van der Waals surface area contributed by atoms with Gasteiger partial charge in [-0.05, 0) is 37.7 Å². The van der Waals surface area contributed by atoms with E-state index >= 15 is 0 Å². The minimum absolute atomic E-state index is 0.0806. The summed E-state index contributed by atoms with van der Waals surface area (Å²) in [6.45, 7) is 5.31. The maximum absolute atomic E-state index is 12.4. The SMILES string of the molecule is CCCCC1NC(CCC)N(CCCCSC)C1=O. The van der Waals surface area contributed by atoms with E-state index in [1.165, 1.54) is 12.2 Å². The lowest BCUT2D eigenvalue weighted by Gasteiger charge is -2.23. The molecule has 0 aromatic heterocycles. The Labute approximate surface area is 122 Å². The average Bonchev–Trinajstić information content (AvgIpc) is 2.70. The van der Waals surface area contributed by atoms with E-state index in [0.717, 1.165) is 45.1 Å². The number of amides is 1. The summed E-state index contributed by atoms with van der Waals surface area (Å²) < 4.78 is 0. The van der Waals surface area contributed by atoms with E-state index < -0.39 is 0 Å². The number of unbranched alkanes of at least 4 members (excludes halogenated alkanes) is 2. The van der Waals surface area contributed by atoms with Crippen molar-refractivity contribution in [1.82, 2.24) is 10.2 Å². The van der Waals surface area contributed by atoms with E-state index in [0.29, 0.717) is 5.91 Å². The molecule has 0 spiro atoms. The van der Waals surface area contributed by atoms with E-state index in [2.05, 4.69) is 30.3 Å². The number of carbonyl (C=O) groups is 1. The molecule has 1 aliphatic heterocycles. The summed E-state index contributed by atoms with van der Waals surface area (Å²) in [4.78, 5) is 14.5. The van der Waals surface area contributed by atoms with Gasteiger partial charge >= 0.3 is 0 Å². The molecule has 0 aromatic carbocycles. The summed E-state index contributed by atoms with van der Waals surface area (Å²) >= 11 is 1.89. The maximum Gasteiger partial charge on any atom is 0.241 e.